The highest BCUT2D eigenvalue weighted by molar-refractivity contribution is 5.70. The van der Waals surface area contributed by atoms with Crippen LogP contribution in [0.1, 0.15) is 5.56 Å². The fourth-order valence-electron chi connectivity index (χ4n) is 1.62. The van der Waals surface area contributed by atoms with Gasteiger partial charge in [0.2, 0.25) is 5.95 Å². The van der Waals surface area contributed by atoms with Crippen molar-refractivity contribution in [3.63, 3.8) is 0 Å². The fourth-order valence-corrected chi connectivity index (χ4v) is 1.62. The van der Waals surface area contributed by atoms with E-state index in [1.165, 1.54) is 0 Å². The molecule has 0 aliphatic rings. The lowest BCUT2D eigenvalue weighted by Crippen LogP contribution is -2.09. The first kappa shape index (κ1) is 14.6. The minimum atomic E-state index is -4.94. The molecule has 2 N–H and O–H groups in total. The van der Waals surface area contributed by atoms with Crippen LogP contribution >= 0.6 is 0 Å². The largest absolute Gasteiger partial charge is 0.419 e. The highest BCUT2D eigenvalue weighted by atomic mass is 19.4. The first-order valence-electron chi connectivity index (χ1n) is 5.34. The lowest BCUT2D eigenvalue weighted by atomic mass is 10.1. The number of hydrogen-bond donors (Lipinski definition) is 1. The van der Waals surface area contributed by atoms with E-state index in [1.54, 1.807) is 0 Å². The fraction of sp³-hybridized carbons (Fsp3) is 0.0909. The van der Waals surface area contributed by atoms with Gasteiger partial charge in [-0.3, -0.25) is 10.1 Å². The summed E-state index contributed by atoms with van der Waals surface area (Å²) in [4.78, 5) is 16.9. The summed E-state index contributed by atoms with van der Waals surface area (Å²) < 4.78 is 51.2. The van der Waals surface area contributed by atoms with Crippen molar-refractivity contribution in [2.24, 2.45) is 0 Å². The molecular weight excluding hydrogens is 296 g/mol. The van der Waals surface area contributed by atoms with Gasteiger partial charge in [0.05, 0.1) is 10.5 Å². The zero-order chi connectivity index (χ0) is 15.8. The number of benzene rings is 1. The Labute approximate surface area is 114 Å². The average molecular weight is 302 g/mol. The molecule has 0 fully saturated rings. The number of hydrogen-bond acceptors (Lipinski definition) is 5. The highest BCUT2D eigenvalue weighted by Gasteiger charge is 2.35. The van der Waals surface area contributed by atoms with Crippen LogP contribution in [0.5, 0.6) is 0 Å². The van der Waals surface area contributed by atoms with Gasteiger partial charge in [-0.2, -0.15) is 13.2 Å². The van der Waals surface area contributed by atoms with Crippen LogP contribution in [0, 0.1) is 15.9 Å². The number of nitro groups is 1. The van der Waals surface area contributed by atoms with Crippen LogP contribution in [0.3, 0.4) is 0 Å². The normalized spacial score (nSPS) is 11.4. The Balaban J connectivity index is 2.68. The van der Waals surface area contributed by atoms with Crippen molar-refractivity contribution in [3.8, 4) is 11.3 Å². The Morgan fingerprint density at radius 3 is 2.52 bits per heavy atom. The topological polar surface area (TPSA) is 94.9 Å². The van der Waals surface area contributed by atoms with Gasteiger partial charge < -0.3 is 5.73 Å². The molecule has 0 saturated heterocycles. The van der Waals surface area contributed by atoms with E-state index in [4.69, 9.17) is 5.73 Å². The second kappa shape index (κ2) is 4.96. The molecule has 0 amide bonds. The number of anilines is 1. The van der Waals surface area contributed by atoms with Crippen LogP contribution < -0.4 is 5.73 Å². The van der Waals surface area contributed by atoms with Gasteiger partial charge in [0.15, 0.2) is 5.69 Å². The monoisotopic (exact) mass is 302 g/mol. The third-order valence-corrected chi connectivity index (χ3v) is 2.53. The molecule has 0 radical (unpaired) electrons. The van der Waals surface area contributed by atoms with Gasteiger partial charge in [0, 0.05) is 5.56 Å². The minimum Gasteiger partial charge on any atom is -0.368 e. The van der Waals surface area contributed by atoms with Gasteiger partial charge in [-0.1, -0.05) is 0 Å². The molecule has 110 valence electrons. The van der Waals surface area contributed by atoms with Crippen molar-refractivity contribution in [3.05, 3.63) is 45.9 Å². The second-order valence-electron chi connectivity index (χ2n) is 3.91. The summed E-state index contributed by atoms with van der Waals surface area (Å²) in [6.07, 6.45) is -4.16. The SMILES string of the molecule is Nc1ncc([N+](=O)[O-])c(-c2ccc(F)c(C(F)(F)F)c2)n1. The zero-order valence-corrected chi connectivity index (χ0v) is 10.1. The summed E-state index contributed by atoms with van der Waals surface area (Å²) in [5, 5.41) is 10.8. The molecule has 0 saturated carbocycles. The van der Waals surface area contributed by atoms with E-state index < -0.39 is 33.9 Å². The molecule has 0 bridgehead atoms. The van der Waals surface area contributed by atoms with E-state index in [2.05, 4.69) is 9.97 Å². The summed E-state index contributed by atoms with van der Waals surface area (Å²) in [6.45, 7) is 0. The summed E-state index contributed by atoms with van der Waals surface area (Å²) >= 11 is 0. The van der Waals surface area contributed by atoms with Gasteiger partial charge in [-0.05, 0) is 18.2 Å². The number of rotatable bonds is 2. The van der Waals surface area contributed by atoms with E-state index >= 15 is 0 Å². The molecule has 1 aromatic carbocycles. The van der Waals surface area contributed by atoms with E-state index in [0.717, 1.165) is 12.3 Å². The standard InChI is InChI=1S/C11H6F4N4O2/c12-7-2-1-5(3-6(7)11(13,14)15)9-8(19(20)21)4-17-10(16)18-9/h1-4H,(H2,16,17,18). The molecule has 0 spiro atoms. The smallest absolute Gasteiger partial charge is 0.368 e. The molecule has 0 atom stereocenters. The Hall–Kier alpha value is -2.78. The Bertz CT molecular complexity index is 718. The molecule has 21 heavy (non-hydrogen) atoms. The van der Waals surface area contributed by atoms with Crippen LogP contribution in [-0.2, 0) is 6.18 Å². The summed E-state index contributed by atoms with van der Waals surface area (Å²) in [5.41, 5.74) is 2.39. The minimum absolute atomic E-state index is 0.287. The number of nitrogen functional groups attached to an aromatic ring is 1. The molecule has 2 rings (SSSR count). The van der Waals surface area contributed by atoms with E-state index in [9.17, 15) is 27.7 Å². The Morgan fingerprint density at radius 2 is 1.95 bits per heavy atom. The number of nitrogens with zero attached hydrogens (tertiary/aromatic N) is 3. The van der Waals surface area contributed by atoms with Crippen LogP contribution in [0.25, 0.3) is 11.3 Å². The Kier molecular flexibility index (Phi) is 3.45. The number of halogens is 4. The predicted molar refractivity (Wildman–Crippen MR) is 63.5 cm³/mol. The third kappa shape index (κ3) is 2.88. The van der Waals surface area contributed by atoms with Crippen LogP contribution in [-0.4, -0.2) is 14.9 Å². The predicted octanol–water partition coefficient (Wildman–Crippen LogP) is 2.79. The summed E-state index contributed by atoms with van der Waals surface area (Å²) in [7, 11) is 0. The van der Waals surface area contributed by atoms with Crippen LogP contribution in [0.4, 0.5) is 29.2 Å². The van der Waals surface area contributed by atoms with Gasteiger partial charge in [0.1, 0.15) is 12.0 Å². The second-order valence-corrected chi connectivity index (χ2v) is 3.91. The van der Waals surface area contributed by atoms with E-state index in [1.807, 2.05) is 0 Å². The molecular formula is C11H6F4N4O2. The highest BCUT2D eigenvalue weighted by Crippen LogP contribution is 2.35. The number of alkyl halides is 3. The maximum atomic E-state index is 13.2. The molecule has 10 heteroatoms. The molecule has 1 heterocycles. The van der Waals surface area contributed by atoms with Crippen LogP contribution in [0.2, 0.25) is 0 Å². The summed E-state index contributed by atoms with van der Waals surface area (Å²) in [5.74, 6) is -1.84. The molecule has 0 unspecified atom stereocenters. The van der Waals surface area contributed by atoms with Crippen molar-refractivity contribution in [2.75, 3.05) is 5.73 Å². The molecule has 6 nitrogen and oxygen atoms in total. The maximum Gasteiger partial charge on any atom is 0.419 e. The molecule has 0 aliphatic heterocycles. The van der Waals surface area contributed by atoms with E-state index in [-0.39, 0.29) is 11.5 Å². The van der Waals surface area contributed by atoms with Crippen molar-refractivity contribution in [1.29, 1.82) is 0 Å². The first-order chi connectivity index (χ1) is 9.70. The lowest BCUT2D eigenvalue weighted by molar-refractivity contribution is -0.384. The van der Waals surface area contributed by atoms with Crippen LogP contribution in [0.15, 0.2) is 24.4 Å². The van der Waals surface area contributed by atoms with Gasteiger partial charge in [-0.15, -0.1) is 0 Å². The van der Waals surface area contributed by atoms with Gasteiger partial charge >= 0.3 is 11.9 Å². The quantitative estimate of drug-likeness (QED) is 0.523. The molecule has 0 aliphatic carbocycles. The Morgan fingerprint density at radius 1 is 1.29 bits per heavy atom. The van der Waals surface area contributed by atoms with Gasteiger partial charge in [-0.25, -0.2) is 14.4 Å². The van der Waals surface area contributed by atoms with Crippen molar-refractivity contribution < 1.29 is 22.5 Å². The number of aromatic nitrogens is 2. The number of nitrogens with two attached hydrogens (primary N) is 1. The lowest BCUT2D eigenvalue weighted by Gasteiger charge is -2.10. The summed E-state index contributed by atoms with van der Waals surface area (Å²) in [6, 6.07) is 1.93. The molecule has 1 aromatic heterocycles. The van der Waals surface area contributed by atoms with Gasteiger partial charge in [0.25, 0.3) is 0 Å². The van der Waals surface area contributed by atoms with Crippen molar-refractivity contribution in [1.82, 2.24) is 9.97 Å². The molecule has 2 aromatic rings. The van der Waals surface area contributed by atoms with E-state index in [0.29, 0.717) is 12.1 Å². The maximum absolute atomic E-state index is 13.2. The first-order valence-corrected chi connectivity index (χ1v) is 5.34. The zero-order valence-electron chi connectivity index (χ0n) is 10.1. The van der Waals surface area contributed by atoms with Crippen molar-refractivity contribution in [2.45, 2.75) is 6.18 Å². The average Bonchev–Trinajstić information content (AvgIpc) is 2.37. The van der Waals surface area contributed by atoms with Crippen molar-refractivity contribution >= 4 is 11.6 Å². The third-order valence-electron chi connectivity index (χ3n) is 2.53.